The average Bonchev–Trinajstić information content (AvgIpc) is 3.09. The topological polar surface area (TPSA) is 50.2 Å². The quantitative estimate of drug-likeness (QED) is 0.892. The zero-order valence-electron chi connectivity index (χ0n) is 13.4. The lowest BCUT2D eigenvalue weighted by molar-refractivity contribution is -0.116. The van der Waals surface area contributed by atoms with E-state index in [2.05, 4.69) is 21.4 Å². The summed E-state index contributed by atoms with van der Waals surface area (Å²) in [5, 5.41) is 7.18. The van der Waals surface area contributed by atoms with Crippen LogP contribution in [-0.2, 0) is 17.9 Å². The molecule has 1 N–H and O–H groups in total. The van der Waals surface area contributed by atoms with E-state index in [9.17, 15) is 4.79 Å². The van der Waals surface area contributed by atoms with Crippen molar-refractivity contribution in [2.75, 3.05) is 18.4 Å². The average molecular weight is 312 g/mol. The first-order valence-electron chi connectivity index (χ1n) is 8.39. The predicted octanol–water partition coefficient (Wildman–Crippen LogP) is 2.90. The van der Waals surface area contributed by atoms with Gasteiger partial charge in [-0.25, -0.2) is 0 Å². The van der Waals surface area contributed by atoms with Crippen molar-refractivity contribution < 1.29 is 4.79 Å². The summed E-state index contributed by atoms with van der Waals surface area (Å²) in [5.41, 5.74) is 2.13. The van der Waals surface area contributed by atoms with E-state index >= 15 is 0 Å². The lowest BCUT2D eigenvalue weighted by Crippen LogP contribution is -2.29. The number of aryl methyl sites for hydroxylation is 1. The van der Waals surface area contributed by atoms with Crippen LogP contribution in [0.5, 0.6) is 0 Å². The second-order valence-corrected chi connectivity index (χ2v) is 6.06. The van der Waals surface area contributed by atoms with Gasteiger partial charge in [-0.15, -0.1) is 0 Å². The van der Waals surface area contributed by atoms with Crippen LogP contribution in [0.1, 0.15) is 31.2 Å². The second kappa shape index (κ2) is 7.92. The molecule has 0 unspecified atom stereocenters. The van der Waals surface area contributed by atoms with Crippen LogP contribution in [-0.4, -0.2) is 33.7 Å². The fraction of sp³-hybridized carbons (Fsp3) is 0.444. The van der Waals surface area contributed by atoms with Crippen molar-refractivity contribution in [2.24, 2.45) is 0 Å². The van der Waals surface area contributed by atoms with Crippen molar-refractivity contribution in [1.29, 1.82) is 0 Å². The minimum atomic E-state index is 0.0339. The van der Waals surface area contributed by atoms with Gasteiger partial charge in [-0.2, -0.15) is 5.10 Å². The predicted molar refractivity (Wildman–Crippen MR) is 91.0 cm³/mol. The Bertz CT molecular complexity index is 618. The van der Waals surface area contributed by atoms with Gasteiger partial charge in [-0.3, -0.25) is 14.4 Å². The van der Waals surface area contributed by atoms with Crippen molar-refractivity contribution in [2.45, 2.75) is 38.8 Å². The van der Waals surface area contributed by atoms with Crippen LogP contribution in [0, 0.1) is 0 Å². The fourth-order valence-corrected chi connectivity index (χ4v) is 3.00. The molecule has 1 aromatic heterocycles. The third kappa shape index (κ3) is 4.66. The first-order chi connectivity index (χ1) is 11.3. The third-order valence-electron chi connectivity index (χ3n) is 4.26. The number of nitrogens with zero attached hydrogens (tertiary/aromatic N) is 3. The summed E-state index contributed by atoms with van der Waals surface area (Å²) in [5.74, 6) is 0.0339. The van der Waals surface area contributed by atoms with E-state index in [1.54, 1.807) is 10.9 Å². The number of anilines is 1. The maximum atomic E-state index is 12.2. The number of carbonyl (C=O) groups is 1. The second-order valence-electron chi connectivity index (χ2n) is 6.06. The van der Waals surface area contributed by atoms with Gasteiger partial charge in [-0.1, -0.05) is 24.6 Å². The molecule has 1 aliphatic heterocycles. The minimum Gasteiger partial charge on any atom is -0.326 e. The van der Waals surface area contributed by atoms with Crippen LogP contribution < -0.4 is 5.32 Å². The van der Waals surface area contributed by atoms with Gasteiger partial charge in [0.1, 0.15) is 0 Å². The molecule has 1 aliphatic rings. The van der Waals surface area contributed by atoms with Gasteiger partial charge in [0.15, 0.2) is 0 Å². The maximum Gasteiger partial charge on any atom is 0.226 e. The summed E-state index contributed by atoms with van der Waals surface area (Å²) in [6, 6.07) is 9.98. The number of carbonyl (C=O) groups excluding carboxylic acids is 1. The van der Waals surface area contributed by atoms with Gasteiger partial charge in [0.25, 0.3) is 0 Å². The zero-order chi connectivity index (χ0) is 15.9. The summed E-state index contributed by atoms with van der Waals surface area (Å²) < 4.78 is 1.78. The number of nitrogens with one attached hydrogen (secondary N) is 1. The Hall–Kier alpha value is -2.14. The van der Waals surface area contributed by atoms with Gasteiger partial charge in [0.05, 0.1) is 0 Å². The number of piperidine rings is 1. The van der Waals surface area contributed by atoms with E-state index < -0.39 is 0 Å². The molecule has 0 atom stereocenters. The van der Waals surface area contributed by atoms with E-state index in [1.807, 2.05) is 30.5 Å². The Balaban J connectivity index is 1.57. The highest BCUT2D eigenvalue weighted by molar-refractivity contribution is 5.91. The zero-order valence-corrected chi connectivity index (χ0v) is 13.4. The number of para-hydroxylation sites is 1. The first kappa shape index (κ1) is 15.7. The molecule has 5 nitrogen and oxygen atoms in total. The number of hydrogen-bond acceptors (Lipinski definition) is 3. The van der Waals surface area contributed by atoms with E-state index in [4.69, 9.17) is 0 Å². The number of aromatic nitrogens is 2. The Labute approximate surface area is 137 Å². The van der Waals surface area contributed by atoms with Crippen LogP contribution in [0.25, 0.3) is 0 Å². The van der Waals surface area contributed by atoms with Gasteiger partial charge in [0, 0.05) is 37.6 Å². The van der Waals surface area contributed by atoms with Crippen LogP contribution in [0.3, 0.4) is 0 Å². The number of likely N-dealkylation sites (tertiary alicyclic amines) is 1. The normalized spacial score (nSPS) is 15.5. The summed E-state index contributed by atoms with van der Waals surface area (Å²) in [6.45, 7) is 3.83. The molecule has 1 aromatic carbocycles. The minimum absolute atomic E-state index is 0.0339. The van der Waals surface area contributed by atoms with Crippen LogP contribution in [0.15, 0.2) is 42.7 Å². The molecular formula is C18H24N4O. The Morgan fingerprint density at radius 3 is 2.74 bits per heavy atom. The molecule has 23 heavy (non-hydrogen) atoms. The monoisotopic (exact) mass is 312 g/mol. The fourth-order valence-electron chi connectivity index (χ4n) is 3.00. The van der Waals surface area contributed by atoms with Crippen LogP contribution >= 0.6 is 0 Å². The first-order valence-corrected chi connectivity index (χ1v) is 8.39. The molecule has 2 aromatic rings. The van der Waals surface area contributed by atoms with Crippen LogP contribution in [0.2, 0.25) is 0 Å². The molecule has 0 saturated carbocycles. The highest BCUT2D eigenvalue weighted by atomic mass is 16.1. The molecule has 5 heteroatoms. The number of benzene rings is 1. The van der Waals surface area contributed by atoms with Crippen LogP contribution in [0.4, 0.5) is 5.69 Å². The van der Waals surface area contributed by atoms with Gasteiger partial charge in [-0.05, 0) is 43.6 Å². The maximum absolute atomic E-state index is 12.2. The molecule has 1 amide bonds. The Morgan fingerprint density at radius 1 is 1.13 bits per heavy atom. The van der Waals surface area contributed by atoms with E-state index in [0.29, 0.717) is 13.0 Å². The number of rotatable bonds is 6. The smallest absolute Gasteiger partial charge is 0.226 e. The van der Waals surface area contributed by atoms with Crippen molar-refractivity contribution in [3.05, 3.63) is 48.3 Å². The molecule has 122 valence electrons. The Morgan fingerprint density at radius 2 is 1.96 bits per heavy atom. The number of hydrogen-bond donors (Lipinski definition) is 1. The van der Waals surface area contributed by atoms with Crippen molar-refractivity contribution in [3.8, 4) is 0 Å². The van der Waals surface area contributed by atoms with E-state index in [-0.39, 0.29) is 5.91 Å². The molecule has 0 bridgehead atoms. The highest BCUT2D eigenvalue weighted by Crippen LogP contribution is 2.20. The number of amides is 1. The summed E-state index contributed by atoms with van der Waals surface area (Å²) in [7, 11) is 0. The van der Waals surface area contributed by atoms with Gasteiger partial charge in [0.2, 0.25) is 5.91 Å². The van der Waals surface area contributed by atoms with Gasteiger partial charge < -0.3 is 5.32 Å². The molecule has 1 saturated heterocycles. The van der Waals surface area contributed by atoms with E-state index in [1.165, 1.54) is 24.8 Å². The molecule has 0 spiro atoms. The molecule has 3 rings (SSSR count). The van der Waals surface area contributed by atoms with Crippen molar-refractivity contribution in [1.82, 2.24) is 14.7 Å². The molecule has 0 radical (unpaired) electrons. The molecule has 2 heterocycles. The lowest BCUT2D eigenvalue weighted by Gasteiger charge is -2.27. The standard InChI is InChI=1S/C18H24N4O/c23-18(9-14-22-13-6-10-19-22)20-17-8-3-2-7-16(17)15-21-11-4-1-5-12-21/h2-3,6-8,10,13H,1,4-5,9,11-12,14-15H2,(H,20,23). The van der Waals surface area contributed by atoms with E-state index in [0.717, 1.165) is 25.3 Å². The molecule has 1 fully saturated rings. The SMILES string of the molecule is O=C(CCn1cccn1)Nc1ccccc1CN1CCCCC1. The Kier molecular flexibility index (Phi) is 5.42. The summed E-state index contributed by atoms with van der Waals surface area (Å²) in [4.78, 5) is 14.7. The summed E-state index contributed by atoms with van der Waals surface area (Å²) >= 11 is 0. The molecular weight excluding hydrogens is 288 g/mol. The van der Waals surface area contributed by atoms with Gasteiger partial charge >= 0.3 is 0 Å². The molecule has 0 aliphatic carbocycles. The third-order valence-corrected chi connectivity index (χ3v) is 4.26. The highest BCUT2D eigenvalue weighted by Gasteiger charge is 2.13. The lowest BCUT2D eigenvalue weighted by atomic mass is 10.1. The largest absolute Gasteiger partial charge is 0.326 e. The van der Waals surface area contributed by atoms with Crippen molar-refractivity contribution in [3.63, 3.8) is 0 Å². The van der Waals surface area contributed by atoms with Crippen molar-refractivity contribution >= 4 is 11.6 Å². The summed E-state index contributed by atoms with van der Waals surface area (Å²) in [6.07, 6.45) is 7.92.